The van der Waals surface area contributed by atoms with Gasteiger partial charge in [0.15, 0.2) is 5.96 Å². The summed E-state index contributed by atoms with van der Waals surface area (Å²) in [5.74, 6) is 1.53. The Morgan fingerprint density at radius 2 is 2.15 bits per heavy atom. The fourth-order valence-corrected chi connectivity index (χ4v) is 2.47. The van der Waals surface area contributed by atoms with Crippen molar-refractivity contribution in [1.29, 1.82) is 0 Å². The van der Waals surface area contributed by atoms with Crippen molar-refractivity contribution >= 4 is 11.6 Å². The molecule has 0 aliphatic rings. The van der Waals surface area contributed by atoms with Crippen LogP contribution in [0.2, 0.25) is 0 Å². The quantitative estimate of drug-likeness (QED) is 0.300. The van der Waals surface area contributed by atoms with Crippen molar-refractivity contribution in [3.05, 3.63) is 39.5 Å². The molecule has 2 aromatic heterocycles. The summed E-state index contributed by atoms with van der Waals surface area (Å²) in [4.78, 5) is 14.8. The van der Waals surface area contributed by atoms with E-state index in [2.05, 4.69) is 25.9 Å². The molecule has 10 nitrogen and oxygen atoms in total. The maximum Gasteiger partial charge on any atom is 0.306 e. The molecule has 0 bridgehead atoms. The van der Waals surface area contributed by atoms with E-state index in [-0.39, 0.29) is 5.69 Å². The third kappa shape index (κ3) is 5.04. The normalized spacial score (nSPS) is 11.6. The maximum absolute atomic E-state index is 10.7. The Morgan fingerprint density at radius 3 is 2.77 bits per heavy atom. The molecular weight excluding hydrogens is 338 g/mol. The molecule has 0 unspecified atom stereocenters. The number of nitrogens with one attached hydrogen (secondary N) is 2. The fraction of sp³-hybridized carbons (Fsp3) is 0.562. The van der Waals surface area contributed by atoms with Crippen molar-refractivity contribution in [2.45, 2.75) is 46.7 Å². The summed E-state index contributed by atoms with van der Waals surface area (Å²) in [5, 5.41) is 25.1. The van der Waals surface area contributed by atoms with Crippen molar-refractivity contribution in [3.8, 4) is 0 Å². The number of nitro groups is 1. The average molecular weight is 363 g/mol. The molecule has 2 aromatic rings. The van der Waals surface area contributed by atoms with Gasteiger partial charge >= 0.3 is 5.69 Å². The first-order valence-electron chi connectivity index (χ1n) is 8.74. The molecule has 0 amide bonds. The number of rotatable bonds is 9. The van der Waals surface area contributed by atoms with Crippen LogP contribution in [-0.2, 0) is 25.9 Å². The number of aromatic nitrogens is 3. The number of hydrogen-bond donors (Lipinski definition) is 2. The van der Waals surface area contributed by atoms with Crippen molar-refractivity contribution < 1.29 is 9.45 Å². The highest BCUT2D eigenvalue weighted by atomic mass is 16.6. The van der Waals surface area contributed by atoms with Gasteiger partial charge in [0.1, 0.15) is 18.2 Å². The first-order chi connectivity index (χ1) is 12.6. The van der Waals surface area contributed by atoms with E-state index in [1.807, 2.05) is 20.8 Å². The predicted octanol–water partition coefficient (Wildman–Crippen LogP) is 1.66. The van der Waals surface area contributed by atoms with Gasteiger partial charge in [0, 0.05) is 25.1 Å². The van der Waals surface area contributed by atoms with E-state index in [1.54, 1.807) is 0 Å². The molecule has 0 aliphatic heterocycles. The lowest BCUT2D eigenvalue weighted by Crippen LogP contribution is -2.38. The smallest absolute Gasteiger partial charge is 0.306 e. The second-order valence-electron chi connectivity index (χ2n) is 5.58. The predicted molar refractivity (Wildman–Crippen MR) is 97.0 cm³/mol. The van der Waals surface area contributed by atoms with E-state index in [1.165, 1.54) is 17.1 Å². The molecule has 0 aromatic carbocycles. The maximum atomic E-state index is 10.7. The minimum absolute atomic E-state index is 0.0165. The Morgan fingerprint density at radius 1 is 1.35 bits per heavy atom. The molecule has 0 atom stereocenters. The summed E-state index contributed by atoms with van der Waals surface area (Å²) in [7, 11) is 0. The van der Waals surface area contributed by atoms with E-state index in [9.17, 15) is 10.1 Å². The molecule has 26 heavy (non-hydrogen) atoms. The largest absolute Gasteiger partial charge is 0.361 e. The fourth-order valence-electron chi connectivity index (χ4n) is 2.47. The van der Waals surface area contributed by atoms with Gasteiger partial charge in [-0.2, -0.15) is 5.10 Å². The summed E-state index contributed by atoms with van der Waals surface area (Å²) in [6.07, 6.45) is 4.23. The monoisotopic (exact) mass is 363 g/mol. The third-order valence-corrected chi connectivity index (χ3v) is 3.81. The Hall–Kier alpha value is -2.91. The van der Waals surface area contributed by atoms with E-state index < -0.39 is 4.92 Å². The van der Waals surface area contributed by atoms with Crippen molar-refractivity contribution in [1.82, 2.24) is 25.6 Å². The van der Waals surface area contributed by atoms with Gasteiger partial charge in [-0.1, -0.05) is 19.0 Å². The first-order valence-corrected chi connectivity index (χ1v) is 8.74. The molecule has 142 valence electrons. The summed E-state index contributed by atoms with van der Waals surface area (Å²) < 4.78 is 6.89. The van der Waals surface area contributed by atoms with Crippen LogP contribution in [0.5, 0.6) is 0 Å². The van der Waals surface area contributed by atoms with Gasteiger partial charge in [0.05, 0.1) is 23.7 Å². The highest BCUT2D eigenvalue weighted by Gasteiger charge is 2.13. The van der Waals surface area contributed by atoms with Crippen LogP contribution in [0.4, 0.5) is 5.69 Å². The molecule has 2 N–H and O–H groups in total. The third-order valence-electron chi connectivity index (χ3n) is 3.81. The van der Waals surface area contributed by atoms with E-state index in [4.69, 9.17) is 4.52 Å². The second-order valence-corrected chi connectivity index (χ2v) is 5.58. The minimum atomic E-state index is -0.460. The van der Waals surface area contributed by atoms with Crippen LogP contribution in [0, 0.1) is 10.1 Å². The Kier molecular flexibility index (Phi) is 7.12. The number of aryl methyl sites for hydroxylation is 2. The van der Waals surface area contributed by atoms with Crippen LogP contribution in [0.1, 0.15) is 37.8 Å². The van der Waals surface area contributed by atoms with E-state index in [0.717, 1.165) is 36.4 Å². The minimum Gasteiger partial charge on any atom is -0.361 e. The highest BCUT2D eigenvalue weighted by Crippen LogP contribution is 2.16. The average Bonchev–Trinajstić information content (AvgIpc) is 3.26. The molecule has 0 spiro atoms. The zero-order valence-electron chi connectivity index (χ0n) is 15.4. The van der Waals surface area contributed by atoms with Gasteiger partial charge in [-0.15, -0.1) is 0 Å². The number of guanidine groups is 1. The SMILES string of the molecule is CCNC(=NCc1c(CC)noc1CC)NCCn1cc([N+](=O)[O-])cn1. The number of hydrogen-bond acceptors (Lipinski definition) is 6. The van der Waals surface area contributed by atoms with Gasteiger partial charge in [-0.25, -0.2) is 4.99 Å². The molecule has 0 saturated carbocycles. The molecule has 10 heteroatoms. The standard InChI is InChI=1S/C16H25N7O3/c1-4-14-13(15(5-2)26-21-14)10-19-16(17-6-3)18-7-8-22-11-12(9-20-22)23(24)25/h9,11H,4-8,10H2,1-3H3,(H2,17,18,19). The lowest BCUT2D eigenvalue weighted by atomic mass is 10.1. The van der Waals surface area contributed by atoms with Gasteiger partial charge in [-0.3, -0.25) is 14.8 Å². The molecule has 0 fully saturated rings. The number of nitrogens with zero attached hydrogens (tertiary/aromatic N) is 5. The molecule has 2 heterocycles. The lowest BCUT2D eigenvalue weighted by Gasteiger charge is -2.11. The molecular formula is C16H25N7O3. The summed E-state index contributed by atoms with van der Waals surface area (Å²) in [5.41, 5.74) is 1.96. The Labute approximate surface area is 151 Å². The summed E-state index contributed by atoms with van der Waals surface area (Å²) in [6, 6.07) is 0. The zero-order valence-corrected chi connectivity index (χ0v) is 15.4. The molecule has 0 aliphatic carbocycles. The first kappa shape index (κ1) is 19.4. The lowest BCUT2D eigenvalue weighted by molar-refractivity contribution is -0.385. The van der Waals surface area contributed by atoms with Crippen LogP contribution >= 0.6 is 0 Å². The topological polar surface area (TPSA) is 123 Å². The summed E-state index contributed by atoms with van der Waals surface area (Å²) >= 11 is 0. The Bertz CT molecular complexity index is 729. The molecule has 0 saturated heterocycles. The summed E-state index contributed by atoms with van der Waals surface area (Å²) in [6.45, 7) is 8.30. The van der Waals surface area contributed by atoms with Gasteiger partial charge in [-0.05, 0) is 13.3 Å². The zero-order chi connectivity index (χ0) is 18.9. The molecule has 0 radical (unpaired) electrons. The molecule has 2 rings (SSSR count). The highest BCUT2D eigenvalue weighted by molar-refractivity contribution is 5.79. The van der Waals surface area contributed by atoms with Crippen molar-refractivity contribution in [2.24, 2.45) is 4.99 Å². The number of aliphatic imine (C=N–C) groups is 1. The van der Waals surface area contributed by atoms with Gasteiger partial charge in [0.25, 0.3) is 0 Å². The van der Waals surface area contributed by atoms with Gasteiger partial charge < -0.3 is 15.2 Å². The van der Waals surface area contributed by atoms with Crippen LogP contribution in [-0.4, -0.2) is 38.9 Å². The second kappa shape index (κ2) is 9.54. The van der Waals surface area contributed by atoms with Crippen LogP contribution in [0.15, 0.2) is 21.9 Å². The van der Waals surface area contributed by atoms with Gasteiger partial charge in [0.2, 0.25) is 0 Å². The Balaban J connectivity index is 1.96. The van der Waals surface area contributed by atoms with E-state index in [0.29, 0.717) is 25.6 Å². The van der Waals surface area contributed by atoms with Crippen molar-refractivity contribution in [3.63, 3.8) is 0 Å². The van der Waals surface area contributed by atoms with Crippen molar-refractivity contribution in [2.75, 3.05) is 13.1 Å². The van der Waals surface area contributed by atoms with Crippen LogP contribution in [0.3, 0.4) is 0 Å². The van der Waals surface area contributed by atoms with Crippen LogP contribution < -0.4 is 10.6 Å². The van der Waals surface area contributed by atoms with Crippen LogP contribution in [0.25, 0.3) is 0 Å². The van der Waals surface area contributed by atoms with E-state index >= 15 is 0 Å².